The van der Waals surface area contributed by atoms with Gasteiger partial charge < -0.3 is 20.1 Å². The van der Waals surface area contributed by atoms with E-state index in [1.165, 1.54) is 11.0 Å². The number of aliphatic hydroxyl groups is 1. The van der Waals surface area contributed by atoms with Gasteiger partial charge in [-0.05, 0) is 30.2 Å². The molecule has 0 radical (unpaired) electrons. The number of aliphatic hydroxyl groups excluding tert-OH is 1. The highest BCUT2D eigenvalue weighted by Crippen LogP contribution is 2.14. The van der Waals surface area contributed by atoms with Crippen LogP contribution in [-0.4, -0.2) is 42.3 Å². The minimum Gasteiger partial charge on any atom is -0.389 e. The van der Waals surface area contributed by atoms with E-state index < -0.39 is 12.1 Å². The van der Waals surface area contributed by atoms with Gasteiger partial charge in [0, 0.05) is 12.7 Å². The number of hydrogen-bond donors (Lipinski definition) is 2. The van der Waals surface area contributed by atoms with Gasteiger partial charge in [0.2, 0.25) is 0 Å². The predicted octanol–water partition coefficient (Wildman–Crippen LogP) is 3.18. The number of carbonyl (C=O) groups excluding carboxylic acids is 1. The summed E-state index contributed by atoms with van der Waals surface area (Å²) in [5.41, 5.74) is 1.90. The van der Waals surface area contributed by atoms with Crippen molar-refractivity contribution in [3.63, 3.8) is 0 Å². The van der Waals surface area contributed by atoms with Crippen molar-refractivity contribution in [3.05, 3.63) is 65.5 Å². The SMILES string of the molecule is Cc1ccc(NC(=O)N(C)CC(O)COCc2ccccc2)cc1F. The number of urea groups is 1. The Hall–Kier alpha value is -2.44. The molecule has 0 fully saturated rings. The van der Waals surface area contributed by atoms with Crippen LogP contribution in [-0.2, 0) is 11.3 Å². The van der Waals surface area contributed by atoms with Crippen molar-refractivity contribution in [3.8, 4) is 0 Å². The molecule has 1 unspecified atom stereocenters. The molecular weight excluding hydrogens is 323 g/mol. The molecule has 0 aliphatic heterocycles. The maximum atomic E-state index is 13.5. The number of hydrogen-bond acceptors (Lipinski definition) is 3. The molecule has 0 spiro atoms. The third kappa shape index (κ3) is 6.17. The number of rotatable bonds is 7. The van der Waals surface area contributed by atoms with E-state index in [0.717, 1.165) is 5.56 Å². The summed E-state index contributed by atoms with van der Waals surface area (Å²) in [6.07, 6.45) is -0.811. The second-order valence-electron chi connectivity index (χ2n) is 5.93. The molecule has 134 valence electrons. The second-order valence-corrected chi connectivity index (χ2v) is 5.93. The first-order chi connectivity index (χ1) is 12.0. The van der Waals surface area contributed by atoms with Crippen LogP contribution in [0.25, 0.3) is 0 Å². The highest BCUT2D eigenvalue weighted by atomic mass is 19.1. The van der Waals surface area contributed by atoms with E-state index in [4.69, 9.17) is 4.74 Å². The molecule has 0 aromatic heterocycles. The normalized spacial score (nSPS) is 11.8. The lowest BCUT2D eigenvalue weighted by Crippen LogP contribution is -2.38. The minimum atomic E-state index is -0.811. The average molecular weight is 346 g/mol. The van der Waals surface area contributed by atoms with Gasteiger partial charge in [-0.1, -0.05) is 36.4 Å². The molecule has 0 aliphatic carbocycles. The smallest absolute Gasteiger partial charge is 0.321 e. The molecule has 25 heavy (non-hydrogen) atoms. The quantitative estimate of drug-likeness (QED) is 0.809. The monoisotopic (exact) mass is 346 g/mol. The predicted molar refractivity (Wildman–Crippen MR) is 94.9 cm³/mol. The van der Waals surface area contributed by atoms with Crippen molar-refractivity contribution in [2.24, 2.45) is 0 Å². The van der Waals surface area contributed by atoms with E-state index in [0.29, 0.717) is 17.9 Å². The topological polar surface area (TPSA) is 61.8 Å². The van der Waals surface area contributed by atoms with Gasteiger partial charge in [0.15, 0.2) is 0 Å². The zero-order chi connectivity index (χ0) is 18.2. The first kappa shape index (κ1) is 18.9. The van der Waals surface area contributed by atoms with E-state index in [1.807, 2.05) is 30.3 Å². The molecule has 1 atom stereocenters. The zero-order valence-electron chi connectivity index (χ0n) is 14.4. The molecule has 2 amide bonds. The Labute approximate surface area is 147 Å². The van der Waals surface area contributed by atoms with Crippen LogP contribution in [0.2, 0.25) is 0 Å². The number of carbonyl (C=O) groups is 1. The Balaban J connectivity index is 1.74. The molecule has 2 rings (SSSR count). The number of anilines is 1. The lowest BCUT2D eigenvalue weighted by atomic mass is 10.2. The van der Waals surface area contributed by atoms with E-state index in [-0.39, 0.29) is 19.0 Å². The molecule has 0 bridgehead atoms. The number of benzene rings is 2. The van der Waals surface area contributed by atoms with Crippen LogP contribution in [0, 0.1) is 12.7 Å². The lowest BCUT2D eigenvalue weighted by molar-refractivity contribution is 0.0188. The summed E-state index contributed by atoms with van der Waals surface area (Å²) in [5.74, 6) is -0.380. The fourth-order valence-corrected chi connectivity index (χ4v) is 2.23. The number of nitrogens with one attached hydrogen (secondary N) is 1. The lowest BCUT2D eigenvalue weighted by Gasteiger charge is -2.21. The molecule has 0 saturated heterocycles. The van der Waals surface area contributed by atoms with Crippen molar-refractivity contribution in [2.45, 2.75) is 19.6 Å². The van der Waals surface area contributed by atoms with Crippen LogP contribution in [0.4, 0.5) is 14.9 Å². The summed E-state index contributed by atoms with van der Waals surface area (Å²) in [7, 11) is 1.56. The summed E-state index contributed by atoms with van der Waals surface area (Å²) in [5, 5.41) is 12.6. The highest BCUT2D eigenvalue weighted by molar-refractivity contribution is 5.89. The van der Waals surface area contributed by atoms with Crippen LogP contribution < -0.4 is 5.32 Å². The number of likely N-dealkylation sites (N-methyl/N-ethyl adjacent to an activating group) is 1. The summed E-state index contributed by atoms with van der Waals surface area (Å²) in [6, 6.07) is 13.7. The van der Waals surface area contributed by atoms with E-state index in [2.05, 4.69) is 5.32 Å². The molecule has 0 saturated carbocycles. The number of aryl methyl sites for hydroxylation is 1. The average Bonchev–Trinajstić information content (AvgIpc) is 2.59. The molecule has 6 heteroatoms. The molecule has 0 aliphatic rings. The van der Waals surface area contributed by atoms with Gasteiger partial charge in [0.05, 0.1) is 25.9 Å². The maximum absolute atomic E-state index is 13.5. The molecule has 5 nitrogen and oxygen atoms in total. The van der Waals surface area contributed by atoms with Crippen molar-refractivity contribution in [2.75, 3.05) is 25.5 Å². The minimum absolute atomic E-state index is 0.106. The Kier molecular flexibility index (Phi) is 6.91. The maximum Gasteiger partial charge on any atom is 0.321 e. The summed E-state index contributed by atoms with van der Waals surface area (Å²) >= 11 is 0. The summed E-state index contributed by atoms with van der Waals surface area (Å²) < 4.78 is 19.0. The standard InChI is InChI=1S/C19H23FN2O3/c1-14-8-9-16(10-18(14)20)21-19(24)22(2)11-17(23)13-25-12-15-6-4-3-5-7-15/h3-10,17,23H,11-13H2,1-2H3,(H,21,24). The Bertz CT molecular complexity index is 694. The van der Waals surface area contributed by atoms with Crippen molar-refractivity contribution < 1.29 is 19.0 Å². The van der Waals surface area contributed by atoms with Gasteiger partial charge >= 0.3 is 6.03 Å². The molecule has 2 aromatic carbocycles. The first-order valence-corrected chi connectivity index (χ1v) is 8.03. The summed E-state index contributed by atoms with van der Waals surface area (Å²) in [4.78, 5) is 13.4. The van der Waals surface area contributed by atoms with Gasteiger partial charge in [-0.3, -0.25) is 0 Å². The van der Waals surface area contributed by atoms with Crippen molar-refractivity contribution in [1.29, 1.82) is 0 Å². The Morgan fingerprint density at radius 3 is 2.68 bits per heavy atom. The van der Waals surface area contributed by atoms with Crippen molar-refractivity contribution >= 4 is 11.7 Å². The molecule has 2 aromatic rings. The van der Waals surface area contributed by atoms with Gasteiger partial charge in [-0.2, -0.15) is 0 Å². The molecular formula is C19H23FN2O3. The summed E-state index contributed by atoms with van der Waals surface area (Å²) in [6.45, 7) is 2.27. The second kappa shape index (κ2) is 9.15. The van der Waals surface area contributed by atoms with E-state index in [1.54, 1.807) is 26.1 Å². The fraction of sp³-hybridized carbons (Fsp3) is 0.316. The number of ether oxygens (including phenoxy) is 1. The fourth-order valence-electron chi connectivity index (χ4n) is 2.23. The van der Waals surface area contributed by atoms with Crippen LogP contribution in [0.5, 0.6) is 0 Å². The largest absolute Gasteiger partial charge is 0.389 e. The van der Waals surface area contributed by atoms with Crippen LogP contribution >= 0.6 is 0 Å². The van der Waals surface area contributed by atoms with Gasteiger partial charge in [0.25, 0.3) is 0 Å². The van der Waals surface area contributed by atoms with Gasteiger partial charge in [0.1, 0.15) is 5.82 Å². The van der Waals surface area contributed by atoms with Gasteiger partial charge in [-0.15, -0.1) is 0 Å². The third-order valence-electron chi connectivity index (χ3n) is 3.68. The van der Waals surface area contributed by atoms with E-state index >= 15 is 0 Å². The van der Waals surface area contributed by atoms with Crippen LogP contribution in [0.3, 0.4) is 0 Å². The number of nitrogens with zero attached hydrogens (tertiary/aromatic N) is 1. The Morgan fingerprint density at radius 2 is 2.00 bits per heavy atom. The number of amides is 2. The Morgan fingerprint density at radius 1 is 1.28 bits per heavy atom. The van der Waals surface area contributed by atoms with E-state index in [9.17, 15) is 14.3 Å². The van der Waals surface area contributed by atoms with Crippen LogP contribution in [0.1, 0.15) is 11.1 Å². The first-order valence-electron chi connectivity index (χ1n) is 8.03. The molecule has 2 N–H and O–H groups in total. The highest BCUT2D eigenvalue weighted by Gasteiger charge is 2.14. The zero-order valence-corrected chi connectivity index (χ0v) is 14.4. The van der Waals surface area contributed by atoms with Crippen LogP contribution in [0.15, 0.2) is 48.5 Å². The third-order valence-corrected chi connectivity index (χ3v) is 3.68. The number of halogens is 1. The molecule has 0 heterocycles. The van der Waals surface area contributed by atoms with Gasteiger partial charge in [-0.25, -0.2) is 9.18 Å². The van der Waals surface area contributed by atoms with Crippen molar-refractivity contribution in [1.82, 2.24) is 4.90 Å².